The lowest BCUT2D eigenvalue weighted by Crippen LogP contribution is -2.18. The summed E-state index contributed by atoms with van der Waals surface area (Å²) in [6, 6.07) is 12.7. The zero-order valence-electron chi connectivity index (χ0n) is 18.3. The van der Waals surface area contributed by atoms with Gasteiger partial charge in [-0.25, -0.2) is 17.4 Å². The summed E-state index contributed by atoms with van der Waals surface area (Å²) in [7, 11) is -4.37. The van der Waals surface area contributed by atoms with E-state index >= 15 is 0 Å². The van der Waals surface area contributed by atoms with Gasteiger partial charge in [-0.05, 0) is 43.7 Å². The van der Waals surface area contributed by atoms with Crippen molar-refractivity contribution < 1.29 is 22.5 Å². The van der Waals surface area contributed by atoms with Crippen LogP contribution in [0.15, 0.2) is 64.8 Å². The van der Waals surface area contributed by atoms with Crippen LogP contribution in [0, 0.1) is 13.8 Å². The van der Waals surface area contributed by atoms with E-state index in [1.165, 1.54) is 12.1 Å². The van der Waals surface area contributed by atoms with E-state index in [0.717, 1.165) is 15.1 Å². The molecule has 2 aromatic carbocycles. The van der Waals surface area contributed by atoms with E-state index in [4.69, 9.17) is 4.74 Å². The van der Waals surface area contributed by atoms with Crippen molar-refractivity contribution in [1.29, 1.82) is 0 Å². The van der Waals surface area contributed by atoms with Crippen LogP contribution in [0.3, 0.4) is 0 Å². The fourth-order valence-corrected chi connectivity index (χ4v) is 6.73. The number of aromatic nitrogens is 3. The van der Waals surface area contributed by atoms with Crippen molar-refractivity contribution in [3.63, 3.8) is 0 Å². The summed E-state index contributed by atoms with van der Waals surface area (Å²) in [4.78, 5) is 8.86. The fraction of sp³-hybridized carbons (Fsp3) is 0.217. The molecule has 1 N–H and O–H groups in total. The van der Waals surface area contributed by atoms with Gasteiger partial charge in [0.15, 0.2) is 0 Å². The monoisotopic (exact) mass is 485 g/mol. The van der Waals surface area contributed by atoms with E-state index in [1.807, 2.05) is 13.8 Å². The van der Waals surface area contributed by atoms with Gasteiger partial charge in [-0.3, -0.25) is 9.19 Å². The summed E-state index contributed by atoms with van der Waals surface area (Å²) in [5.41, 5.74) is 3.30. The molecule has 172 valence electrons. The molecule has 10 heteroatoms. The van der Waals surface area contributed by atoms with E-state index in [0.29, 0.717) is 22.5 Å². The Labute approximate surface area is 194 Å². The second kappa shape index (κ2) is 9.05. The summed E-state index contributed by atoms with van der Waals surface area (Å²) >= 11 is 0. The minimum absolute atomic E-state index is 0.0387. The largest absolute Gasteiger partial charge is 0.496 e. The zero-order valence-corrected chi connectivity index (χ0v) is 20.0. The Hall–Kier alpha value is -3.08. The maximum absolute atomic E-state index is 13.6. The predicted octanol–water partition coefficient (Wildman–Crippen LogP) is 3.09. The predicted molar refractivity (Wildman–Crippen MR) is 125 cm³/mol. The number of aliphatic hydroxyl groups is 1. The molecule has 0 aliphatic carbocycles. The second-order valence-corrected chi connectivity index (χ2v) is 10.6. The highest BCUT2D eigenvalue weighted by molar-refractivity contribution is 7.91. The van der Waals surface area contributed by atoms with Crippen molar-refractivity contribution in [3.05, 3.63) is 77.1 Å². The number of hydrogen-bond donors (Lipinski definition) is 1. The minimum atomic E-state index is -4.09. The molecule has 0 aliphatic rings. The van der Waals surface area contributed by atoms with Crippen molar-refractivity contribution in [1.82, 2.24) is 13.9 Å². The molecular weight excluding hydrogens is 462 g/mol. The van der Waals surface area contributed by atoms with Gasteiger partial charge in [0.1, 0.15) is 5.75 Å². The lowest BCUT2D eigenvalue weighted by molar-refractivity contribution is 0.282. The molecule has 1 atom stereocenters. The number of benzene rings is 2. The molecule has 0 spiro atoms. The number of pyridine rings is 1. The number of aryl methyl sites for hydroxylation is 1. The van der Waals surface area contributed by atoms with Gasteiger partial charge in [-0.15, -0.1) is 0 Å². The molecule has 2 heterocycles. The molecule has 2 aromatic heterocycles. The van der Waals surface area contributed by atoms with Crippen molar-refractivity contribution in [2.75, 3.05) is 7.11 Å². The minimum Gasteiger partial charge on any atom is -0.496 e. The molecule has 1 unspecified atom stereocenters. The number of ether oxygens (including phenoxy) is 1. The Bertz CT molecular complexity index is 1460. The lowest BCUT2D eigenvalue weighted by Gasteiger charge is -2.13. The first-order valence-corrected chi connectivity index (χ1v) is 12.8. The van der Waals surface area contributed by atoms with Gasteiger partial charge in [0.25, 0.3) is 10.0 Å². The third-order valence-corrected chi connectivity index (χ3v) is 8.38. The van der Waals surface area contributed by atoms with E-state index in [-0.39, 0.29) is 27.9 Å². The van der Waals surface area contributed by atoms with Crippen LogP contribution in [0.1, 0.15) is 22.4 Å². The van der Waals surface area contributed by atoms with E-state index in [2.05, 4.69) is 9.97 Å². The number of methoxy groups -OCH3 is 1. The van der Waals surface area contributed by atoms with E-state index in [9.17, 15) is 17.7 Å². The van der Waals surface area contributed by atoms with Crippen molar-refractivity contribution in [2.45, 2.75) is 36.3 Å². The summed E-state index contributed by atoms with van der Waals surface area (Å²) in [5.74, 6) is 0.609. The van der Waals surface area contributed by atoms with Crippen LogP contribution < -0.4 is 4.74 Å². The third-order valence-electron chi connectivity index (χ3n) is 5.33. The summed E-state index contributed by atoms with van der Waals surface area (Å²) in [6.07, 6.45) is 1.63. The van der Waals surface area contributed by atoms with Gasteiger partial charge in [0.2, 0.25) is 5.16 Å². The van der Waals surface area contributed by atoms with Gasteiger partial charge in [-0.1, -0.05) is 24.3 Å². The Balaban J connectivity index is 1.89. The average molecular weight is 486 g/mol. The number of rotatable bonds is 7. The Morgan fingerprint density at radius 3 is 2.52 bits per heavy atom. The van der Waals surface area contributed by atoms with Gasteiger partial charge >= 0.3 is 0 Å². The first-order chi connectivity index (χ1) is 15.8. The van der Waals surface area contributed by atoms with Crippen LogP contribution in [0.2, 0.25) is 0 Å². The van der Waals surface area contributed by atoms with Crippen LogP contribution in [0.25, 0.3) is 11.0 Å². The smallest absolute Gasteiger partial charge is 0.270 e. The molecule has 0 amide bonds. The Kier molecular flexibility index (Phi) is 6.33. The summed E-state index contributed by atoms with van der Waals surface area (Å²) in [5, 5.41) is 9.38. The molecule has 8 nitrogen and oxygen atoms in total. The molecule has 0 bridgehead atoms. The number of aliphatic hydroxyl groups excluding tert-OH is 1. The van der Waals surface area contributed by atoms with E-state index in [1.54, 1.807) is 49.7 Å². The highest BCUT2D eigenvalue weighted by Crippen LogP contribution is 2.29. The molecule has 4 rings (SSSR count). The zero-order chi connectivity index (χ0) is 23.8. The number of imidazole rings is 1. The molecular formula is C23H23N3O5S2. The van der Waals surface area contributed by atoms with E-state index < -0.39 is 20.8 Å². The van der Waals surface area contributed by atoms with Crippen molar-refractivity contribution >= 4 is 31.9 Å². The summed E-state index contributed by atoms with van der Waals surface area (Å²) in [6.45, 7) is 3.46. The molecule has 0 saturated heterocycles. The molecule has 0 aliphatic heterocycles. The molecule has 4 aromatic rings. The van der Waals surface area contributed by atoms with Gasteiger partial charge in [0, 0.05) is 17.3 Å². The van der Waals surface area contributed by atoms with Gasteiger partial charge in [0.05, 0.1) is 51.9 Å². The van der Waals surface area contributed by atoms with Crippen LogP contribution >= 0.6 is 0 Å². The van der Waals surface area contributed by atoms with Crippen LogP contribution in [-0.2, 0) is 33.2 Å². The fourth-order valence-electron chi connectivity index (χ4n) is 3.66. The quantitative estimate of drug-likeness (QED) is 0.428. The van der Waals surface area contributed by atoms with Crippen LogP contribution in [0.4, 0.5) is 0 Å². The lowest BCUT2D eigenvalue weighted by atomic mass is 10.1. The summed E-state index contributed by atoms with van der Waals surface area (Å²) < 4.78 is 47.1. The maximum Gasteiger partial charge on any atom is 0.270 e. The number of nitrogens with zero attached hydrogens (tertiary/aromatic N) is 3. The van der Waals surface area contributed by atoms with Crippen LogP contribution in [-0.4, -0.2) is 38.8 Å². The average Bonchev–Trinajstić information content (AvgIpc) is 3.21. The second-order valence-electron chi connectivity index (χ2n) is 7.49. The van der Waals surface area contributed by atoms with Gasteiger partial charge in [-0.2, -0.15) is 0 Å². The molecule has 0 radical (unpaired) electrons. The first-order valence-electron chi connectivity index (χ1n) is 10.1. The van der Waals surface area contributed by atoms with Gasteiger partial charge < -0.3 is 9.84 Å². The SMILES string of the molecule is COc1c(C)cnc(CS(=O)c2nc3cc(CO)ccc3n2S(=O)(=O)c2ccccc2)c1C. The van der Waals surface area contributed by atoms with Crippen molar-refractivity contribution in [3.8, 4) is 5.75 Å². The Morgan fingerprint density at radius 2 is 1.85 bits per heavy atom. The highest BCUT2D eigenvalue weighted by Gasteiger charge is 2.28. The van der Waals surface area contributed by atoms with Crippen molar-refractivity contribution in [2.24, 2.45) is 0 Å². The number of fused-ring (bicyclic) bond motifs is 1. The first kappa shape index (κ1) is 23.1. The normalized spacial score (nSPS) is 12.7. The van der Waals surface area contributed by atoms with Crippen LogP contribution in [0.5, 0.6) is 5.75 Å². The highest BCUT2D eigenvalue weighted by atomic mass is 32.2. The maximum atomic E-state index is 13.6. The Morgan fingerprint density at radius 1 is 1.12 bits per heavy atom. The molecule has 33 heavy (non-hydrogen) atoms. The third kappa shape index (κ3) is 4.17. The number of hydrogen-bond acceptors (Lipinski definition) is 7. The molecule has 0 saturated carbocycles. The topological polar surface area (TPSA) is 111 Å². The molecule has 0 fully saturated rings. The standard InChI is InChI=1S/C23H23N3O5S2/c1-15-12-24-20(16(2)22(15)31-3)14-32(28)23-25-19-11-17(13-27)9-10-21(19)26(23)33(29,30)18-7-5-4-6-8-18/h4-12,27H,13-14H2,1-3H3.